The van der Waals surface area contributed by atoms with Gasteiger partial charge < -0.3 is 0 Å². The molecule has 1 amide bonds. The van der Waals surface area contributed by atoms with Crippen LogP contribution in [0.1, 0.15) is 10.4 Å². The second-order valence-electron chi connectivity index (χ2n) is 3.33. The molecule has 0 aliphatic carbocycles. The first-order valence-electron chi connectivity index (χ1n) is 4.71. The molecule has 21 heavy (non-hydrogen) atoms. The van der Waals surface area contributed by atoms with Crippen LogP contribution in [-0.2, 0) is 0 Å². The van der Waals surface area contributed by atoms with Crippen molar-refractivity contribution in [3.05, 3.63) is 58.2 Å². The highest BCUT2D eigenvalue weighted by molar-refractivity contribution is 6.02. The zero-order valence-corrected chi connectivity index (χ0v) is 9.62. The van der Waals surface area contributed by atoms with Gasteiger partial charge in [0, 0.05) is 0 Å². The fourth-order valence-electron chi connectivity index (χ4n) is 1.36. The SMILES string of the molecule is O=C(N[N+](=O)[O-])c1c([N+](=O)[O-])cc([N+](=O)[O-])cc1[N+](=O)[O-]. The van der Waals surface area contributed by atoms with Crippen molar-refractivity contribution in [2.45, 2.75) is 0 Å². The van der Waals surface area contributed by atoms with Gasteiger partial charge in [-0.25, -0.2) is 10.1 Å². The van der Waals surface area contributed by atoms with E-state index in [0.29, 0.717) is 12.1 Å². The van der Waals surface area contributed by atoms with Crippen molar-refractivity contribution < 1.29 is 24.6 Å². The van der Waals surface area contributed by atoms with Gasteiger partial charge in [0.05, 0.1) is 26.9 Å². The lowest BCUT2D eigenvalue weighted by Crippen LogP contribution is -2.30. The second-order valence-corrected chi connectivity index (χ2v) is 3.33. The van der Waals surface area contributed by atoms with Crippen LogP contribution in [-0.4, -0.2) is 25.7 Å². The highest BCUT2D eigenvalue weighted by atomic mass is 16.7. The van der Waals surface area contributed by atoms with E-state index in [1.807, 2.05) is 0 Å². The largest absolute Gasteiger partial charge is 0.324 e. The molecule has 0 spiro atoms. The molecule has 0 unspecified atom stereocenters. The van der Waals surface area contributed by atoms with E-state index in [4.69, 9.17) is 0 Å². The van der Waals surface area contributed by atoms with Gasteiger partial charge in [-0.2, -0.15) is 0 Å². The van der Waals surface area contributed by atoms with Gasteiger partial charge >= 0.3 is 5.91 Å². The van der Waals surface area contributed by atoms with Crippen molar-refractivity contribution in [3.63, 3.8) is 0 Å². The lowest BCUT2D eigenvalue weighted by Gasteiger charge is -2.02. The van der Waals surface area contributed by atoms with Crippen LogP contribution in [0.2, 0.25) is 0 Å². The summed E-state index contributed by atoms with van der Waals surface area (Å²) >= 11 is 0. The Kier molecular flexibility index (Phi) is 4.03. The highest BCUT2D eigenvalue weighted by Crippen LogP contribution is 2.33. The Morgan fingerprint density at radius 3 is 1.57 bits per heavy atom. The summed E-state index contributed by atoms with van der Waals surface area (Å²) in [5.74, 6) is -1.74. The van der Waals surface area contributed by atoms with Gasteiger partial charge in [0.2, 0.25) is 5.56 Å². The number of rotatable bonds is 5. The monoisotopic (exact) mass is 301 g/mol. The predicted octanol–water partition coefficient (Wildman–Crippen LogP) is 0.333. The first-order valence-corrected chi connectivity index (χ1v) is 4.71. The molecule has 1 aromatic rings. The standard InChI is InChI=1S/C7H3N5O9/c13-7(8-12(20)21)6-4(10(16)17)1-3(9(14)15)2-5(6)11(18)19/h1-2H,(H,8,13). The Bertz CT molecular complexity index is 648. The van der Waals surface area contributed by atoms with Gasteiger partial charge in [0.25, 0.3) is 17.1 Å². The predicted molar refractivity (Wildman–Crippen MR) is 60.9 cm³/mol. The first kappa shape index (κ1) is 15.3. The van der Waals surface area contributed by atoms with Gasteiger partial charge in [-0.1, -0.05) is 5.43 Å². The van der Waals surface area contributed by atoms with Crippen LogP contribution in [0, 0.1) is 40.5 Å². The summed E-state index contributed by atoms with van der Waals surface area (Å²) < 4.78 is 0. The average molecular weight is 301 g/mol. The molecule has 0 aromatic heterocycles. The number of carbonyl (C=O) groups excluding carboxylic acids is 1. The lowest BCUT2D eigenvalue weighted by molar-refractivity contribution is -0.527. The van der Waals surface area contributed by atoms with E-state index >= 15 is 0 Å². The van der Waals surface area contributed by atoms with E-state index in [1.165, 1.54) is 0 Å². The maximum absolute atomic E-state index is 11.5. The van der Waals surface area contributed by atoms with Crippen LogP contribution in [0.4, 0.5) is 17.1 Å². The number of carbonyl (C=O) groups is 1. The summed E-state index contributed by atoms with van der Waals surface area (Å²) in [5.41, 5.74) is -3.85. The normalized spacial score (nSPS) is 9.71. The number of nitro benzene ring substituents is 3. The van der Waals surface area contributed by atoms with Crippen LogP contribution >= 0.6 is 0 Å². The number of nitro groups is 4. The van der Waals surface area contributed by atoms with Crippen molar-refractivity contribution in [3.8, 4) is 0 Å². The third-order valence-corrected chi connectivity index (χ3v) is 2.11. The topological polar surface area (TPSA) is 202 Å². The molecule has 0 heterocycles. The Morgan fingerprint density at radius 1 is 0.857 bits per heavy atom. The number of hydrogen-bond donors (Lipinski definition) is 1. The van der Waals surface area contributed by atoms with Crippen molar-refractivity contribution in [2.75, 3.05) is 0 Å². The van der Waals surface area contributed by atoms with Gasteiger partial charge in [0.1, 0.15) is 0 Å². The van der Waals surface area contributed by atoms with E-state index in [-0.39, 0.29) is 0 Å². The molecular formula is C7H3N5O9. The Labute approximate surface area is 112 Å². The summed E-state index contributed by atoms with van der Waals surface area (Å²) in [5, 5.41) is 40.9. The summed E-state index contributed by atoms with van der Waals surface area (Å²) in [6.45, 7) is 0. The third-order valence-electron chi connectivity index (χ3n) is 2.11. The quantitative estimate of drug-likeness (QED) is 0.586. The van der Waals surface area contributed by atoms with E-state index in [2.05, 4.69) is 0 Å². The number of nitrogens with one attached hydrogen (secondary N) is 1. The van der Waals surface area contributed by atoms with Crippen molar-refractivity contribution in [1.29, 1.82) is 0 Å². The minimum Gasteiger partial charge on any atom is -0.263 e. The highest BCUT2D eigenvalue weighted by Gasteiger charge is 2.36. The minimum absolute atomic E-state index is 0.294. The lowest BCUT2D eigenvalue weighted by atomic mass is 10.1. The molecule has 0 aliphatic heterocycles. The molecule has 0 bridgehead atoms. The van der Waals surface area contributed by atoms with Gasteiger partial charge in [-0.15, -0.1) is 0 Å². The third kappa shape index (κ3) is 3.19. The number of hydrazine groups is 1. The molecule has 0 atom stereocenters. The van der Waals surface area contributed by atoms with Crippen LogP contribution in [0.15, 0.2) is 12.1 Å². The van der Waals surface area contributed by atoms with Crippen LogP contribution in [0.25, 0.3) is 0 Å². The van der Waals surface area contributed by atoms with Crippen molar-refractivity contribution in [2.24, 2.45) is 0 Å². The number of nitrogens with zero attached hydrogens (tertiary/aromatic N) is 4. The molecule has 0 radical (unpaired) electrons. The van der Waals surface area contributed by atoms with Gasteiger partial charge in [-0.05, 0) is 0 Å². The van der Waals surface area contributed by atoms with E-state index in [1.54, 1.807) is 0 Å². The molecule has 110 valence electrons. The molecule has 1 aromatic carbocycles. The zero-order chi connectivity index (χ0) is 16.3. The van der Waals surface area contributed by atoms with Gasteiger partial charge in [0.15, 0.2) is 5.03 Å². The maximum atomic E-state index is 11.5. The van der Waals surface area contributed by atoms with Gasteiger partial charge in [-0.3, -0.25) is 35.1 Å². The smallest absolute Gasteiger partial charge is 0.263 e. The Hall–Kier alpha value is -3.71. The first-order chi connectivity index (χ1) is 9.65. The molecule has 0 saturated heterocycles. The summed E-state index contributed by atoms with van der Waals surface area (Å²) in [4.78, 5) is 50.0. The summed E-state index contributed by atoms with van der Waals surface area (Å²) in [7, 11) is 0. The minimum atomic E-state index is -1.74. The molecule has 0 fully saturated rings. The molecule has 0 aliphatic rings. The summed E-state index contributed by atoms with van der Waals surface area (Å²) in [6.07, 6.45) is 0. The Balaban J connectivity index is 3.69. The second kappa shape index (κ2) is 5.51. The number of hydrogen-bond acceptors (Lipinski definition) is 9. The van der Waals surface area contributed by atoms with E-state index in [0.717, 1.165) is 5.43 Å². The summed E-state index contributed by atoms with van der Waals surface area (Å²) in [6, 6.07) is 0.587. The number of benzene rings is 1. The van der Waals surface area contributed by atoms with Crippen LogP contribution in [0.5, 0.6) is 0 Å². The Morgan fingerprint density at radius 2 is 1.29 bits per heavy atom. The zero-order valence-electron chi connectivity index (χ0n) is 9.62. The van der Waals surface area contributed by atoms with Crippen molar-refractivity contribution in [1.82, 2.24) is 5.43 Å². The van der Waals surface area contributed by atoms with Crippen LogP contribution in [0.3, 0.4) is 0 Å². The number of amides is 1. The fraction of sp³-hybridized carbons (Fsp3) is 0. The molecule has 14 nitrogen and oxygen atoms in total. The van der Waals surface area contributed by atoms with E-state index < -0.39 is 48.3 Å². The molecule has 0 saturated carbocycles. The average Bonchev–Trinajstić information content (AvgIpc) is 2.35. The maximum Gasteiger partial charge on any atom is 0.324 e. The van der Waals surface area contributed by atoms with Crippen molar-refractivity contribution >= 4 is 23.0 Å². The number of non-ortho nitro benzene ring substituents is 1. The fourth-order valence-corrected chi connectivity index (χ4v) is 1.36. The molecule has 14 heteroatoms. The molecular weight excluding hydrogens is 298 g/mol. The van der Waals surface area contributed by atoms with E-state index in [9.17, 15) is 45.3 Å². The molecule has 1 N–H and O–H groups in total. The molecule has 1 rings (SSSR count). The van der Waals surface area contributed by atoms with Crippen LogP contribution < -0.4 is 5.43 Å².